The molecule has 2 rings (SSSR count). The minimum atomic E-state index is -0.519. The third kappa shape index (κ3) is 3.16. The van der Waals surface area contributed by atoms with Crippen molar-refractivity contribution in [1.29, 1.82) is 5.26 Å². The standard InChI is InChI=1S/C13H14F2N2/c14-12-6-11(7-13(15)8-12)5-10-1-3-17(9-16)4-2-10/h6-8,10H,1-5H2. The molecule has 1 fully saturated rings. The molecule has 0 saturated carbocycles. The zero-order valence-electron chi connectivity index (χ0n) is 9.50. The smallest absolute Gasteiger partial charge is 0.179 e. The van der Waals surface area contributed by atoms with E-state index in [0.29, 0.717) is 17.9 Å². The highest BCUT2D eigenvalue weighted by Gasteiger charge is 2.18. The first-order chi connectivity index (χ1) is 8.17. The summed E-state index contributed by atoms with van der Waals surface area (Å²) in [4.78, 5) is 1.72. The van der Waals surface area contributed by atoms with Crippen LogP contribution in [0.5, 0.6) is 0 Å². The van der Waals surface area contributed by atoms with Crippen molar-refractivity contribution in [3.63, 3.8) is 0 Å². The Kier molecular flexibility index (Phi) is 3.58. The molecule has 0 aromatic heterocycles. The lowest BCUT2D eigenvalue weighted by molar-refractivity contribution is 0.251. The maximum Gasteiger partial charge on any atom is 0.179 e. The topological polar surface area (TPSA) is 27.0 Å². The summed E-state index contributed by atoms with van der Waals surface area (Å²) in [6.45, 7) is 1.50. The minimum Gasteiger partial charge on any atom is -0.311 e. The van der Waals surface area contributed by atoms with Crippen LogP contribution in [0.15, 0.2) is 18.2 Å². The molecule has 0 amide bonds. The van der Waals surface area contributed by atoms with Crippen LogP contribution in [0.4, 0.5) is 8.78 Å². The molecule has 0 radical (unpaired) electrons. The number of hydrogen-bond acceptors (Lipinski definition) is 2. The second-order valence-electron chi connectivity index (χ2n) is 4.51. The fraction of sp³-hybridized carbons (Fsp3) is 0.462. The highest BCUT2D eigenvalue weighted by Crippen LogP contribution is 2.22. The molecule has 1 aromatic carbocycles. The summed E-state index contributed by atoms with van der Waals surface area (Å²) in [5.74, 6) is -0.621. The Balaban J connectivity index is 1.96. The van der Waals surface area contributed by atoms with Gasteiger partial charge in [-0.05, 0) is 42.9 Å². The third-order valence-electron chi connectivity index (χ3n) is 3.20. The van der Waals surface area contributed by atoms with Gasteiger partial charge in [0.15, 0.2) is 6.19 Å². The largest absolute Gasteiger partial charge is 0.311 e. The quantitative estimate of drug-likeness (QED) is 0.738. The van der Waals surface area contributed by atoms with Gasteiger partial charge in [-0.1, -0.05) is 0 Å². The van der Waals surface area contributed by atoms with Crippen LogP contribution < -0.4 is 0 Å². The molecule has 1 saturated heterocycles. The number of nitrogens with zero attached hydrogens (tertiary/aromatic N) is 2. The molecule has 0 atom stereocenters. The number of benzene rings is 1. The number of nitriles is 1. The van der Waals surface area contributed by atoms with Gasteiger partial charge in [0.2, 0.25) is 0 Å². The predicted octanol–water partition coefficient (Wildman–Crippen LogP) is 2.70. The Hall–Kier alpha value is -1.63. The Morgan fingerprint density at radius 1 is 1.18 bits per heavy atom. The molecule has 1 aliphatic heterocycles. The van der Waals surface area contributed by atoms with Crippen LogP contribution >= 0.6 is 0 Å². The van der Waals surface area contributed by atoms with E-state index in [9.17, 15) is 8.78 Å². The molecule has 4 heteroatoms. The van der Waals surface area contributed by atoms with Crippen LogP contribution in [0.3, 0.4) is 0 Å². The second kappa shape index (κ2) is 5.13. The first-order valence-electron chi connectivity index (χ1n) is 5.77. The Morgan fingerprint density at radius 2 is 1.76 bits per heavy atom. The van der Waals surface area contributed by atoms with Crippen molar-refractivity contribution in [3.8, 4) is 6.19 Å². The summed E-state index contributed by atoms with van der Waals surface area (Å²) in [6, 6.07) is 3.67. The minimum absolute atomic E-state index is 0.417. The van der Waals surface area contributed by atoms with Crippen molar-refractivity contribution in [2.24, 2.45) is 5.92 Å². The molecular weight excluding hydrogens is 222 g/mol. The number of piperidine rings is 1. The van der Waals surface area contributed by atoms with E-state index in [2.05, 4.69) is 6.19 Å². The Morgan fingerprint density at radius 3 is 2.29 bits per heavy atom. The molecule has 1 heterocycles. The van der Waals surface area contributed by atoms with Crippen molar-refractivity contribution in [3.05, 3.63) is 35.4 Å². The fourth-order valence-corrected chi connectivity index (χ4v) is 2.30. The van der Waals surface area contributed by atoms with Gasteiger partial charge in [0.25, 0.3) is 0 Å². The van der Waals surface area contributed by atoms with Crippen LogP contribution in [-0.2, 0) is 6.42 Å². The van der Waals surface area contributed by atoms with E-state index < -0.39 is 11.6 Å². The van der Waals surface area contributed by atoms with E-state index >= 15 is 0 Å². The van der Waals surface area contributed by atoms with Gasteiger partial charge in [0, 0.05) is 19.2 Å². The summed E-state index contributed by atoms with van der Waals surface area (Å²) in [5, 5.41) is 8.72. The van der Waals surface area contributed by atoms with Crippen LogP contribution in [0.25, 0.3) is 0 Å². The summed E-state index contributed by atoms with van der Waals surface area (Å²) in [6.07, 6.45) is 4.63. The molecule has 2 nitrogen and oxygen atoms in total. The van der Waals surface area contributed by atoms with Gasteiger partial charge in [0.1, 0.15) is 11.6 Å². The van der Waals surface area contributed by atoms with E-state index in [-0.39, 0.29) is 0 Å². The number of likely N-dealkylation sites (tertiary alicyclic amines) is 1. The van der Waals surface area contributed by atoms with Gasteiger partial charge >= 0.3 is 0 Å². The molecule has 0 unspecified atom stereocenters. The van der Waals surface area contributed by atoms with Gasteiger partial charge in [-0.25, -0.2) is 8.78 Å². The number of rotatable bonds is 2. The molecule has 17 heavy (non-hydrogen) atoms. The second-order valence-corrected chi connectivity index (χ2v) is 4.51. The normalized spacial score (nSPS) is 16.9. The summed E-state index contributed by atoms with van der Waals surface area (Å²) in [5.41, 5.74) is 0.706. The van der Waals surface area contributed by atoms with E-state index in [1.165, 1.54) is 12.1 Å². The van der Waals surface area contributed by atoms with Crippen LogP contribution in [0.1, 0.15) is 18.4 Å². The highest BCUT2D eigenvalue weighted by atomic mass is 19.1. The molecular formula is C13H14F2N2. The third-order valence-corrected chi connectivity index (χ3v) is 3.20. The zero-order chi connectivity index (χ0) is 12.3. The Bertz CT molecular complexity index is 411. The summed E-state index contributed by atoms with van der Waals surface area (Å²) in [7, 11) is 0. The predicted molar refractivity (Wildman–Crippen MR) is 60.0 cm³/mol. The highest BCUT2D eigenvalue weighted by molar-refractivity contribution is 5.18. The Labute approximate surface area is 99.5 Å². The lowest BCUT2D eigenvalue weighted by atomic mass is 9.90. The van der Waals surface area contributed by atoms with Gasteiger partial charge < -0.3 is 4.90 Å². The summed E-state index contributed by atoms with van der Waals surface area (Å²) >= 11 is 0. The van der Waals surface area contributed by atoms with Crippen molar-refractivity contribution < 1.29 is 8.78 Å². The van der Waals surface area contributed by atoms with Gasteiger partial charge in [-0.3, -0.25) is 0 Å². The van der Waals surface area contributed by atoms with Gasteiger partial charge in [0.05, 0.1) is 0 Å². The lowest BCUT2D eigenvalue weighted by Crippen LogP contribution is -2.30. The summed E-state index contributed by atoms with van der Waals surface area (Å²) < 4.78 is 26.0. The fourth-order valence-electron chi connectivity index (χ4n) is 2.30. The molecule has 90 valence electrons. The molecule has 0 N–H and O–H groups in total. The van der Waals surface area contributed by atoms with Crippen LogP contribution in [0, 0.1) is 29.0 Å². The van der Waals surface area contributed by atoms with Gasteiger partial charge in [-0.2, -0.15) is 5.26 Å². The zero-order valence-corrected chi connectivity index (χ0v) is 9.50. The van der Waals surface area contributed by atoms with E-state index in [1.807, 2.05) is 0 Å². The van der Waals surface area contributed by atoms with Crippen LogP contribution in [-0.4, -0.2) is 18.0 Å². The number of hydrogen-bond donors (Lipinski definition) is 0. The van der Waals surface area contributed by atoms with Crippen molar-refractivity contribution in [2.75, 3.05) is 13.1 Å². The average molecular weight is 236 g/mol. The average Bonchev–Trinajstić information content (AvgIpc) is 2.28. The maximum absolute atomic E-state index is 13.0. The molecule has 1 aliphatic rings. The molecule has 0 bridgehead atoms. The first-order valence-corrected chi connectivity index (χ1v) is 5.77. The number of halogens is 2. The maximum atomic E-state index is 13.0. The van der Waals surface area contributed by atoms with Crippen molar-refractivity contribution in [1.82, 2.24) is 4.90 Å². The molecule has 1 aromatic rings. The van der Waals surface area contributed by atoms with E-state index in [4.69, 9.17) is 5.26 Å². The first kappa shape index (κ1) is 11.8. The van der Waals surface area contributed by atoms with Crippen molar-refractivity contribution in [2.45, 2.75) is 19.3 Å². The van der Waals surface area contributed by atoms with E-state index in [1.54, 1.807) is 4.90 Å². The van der Waals surface area contributed by atoms with Crippen LogP contribution in [0.2, 0.25) is 0 Å². The molecule has 0 aliphatic carbocycles. The molecule has 0 spiro atoms. The SMILES string of the molecule is N#CN1CCC(Cc2cc(F)cc(F)c2)CC1. The monoisotopic (exact) mass is 236 g/mol. The van der Waals surface area contributed by atoms with Gasteiger partial charge in [-0.15, -0.1) is 0 Å². The van der Waals surface area contributed by atoms with E-state index in [0.717, 1.165) is 32.0 Å². The van der Waals surface area contributed by atoms with Crippen molar-refractivity contribution >= 4 is 0 Å². The lowest BCUT2D eigenvalue weighted by Gasteiger charge is -2.28.